The zero-order chi connectivity index (χ0) is 10.0. The second kappa shape index (κ2) is 3.39. The van der Waals surface area contributed by atoms with Crippen LogP contribution in [0.15, 0.2) is 35.1 Å². The summed E-state index contributed by atoms with van der Waals surface area (Å²) in [5.74, 6) is -1.37. The van der Waals surface area contributed by atoms with Gasteiger partial charge in [0.15, 0.2) is 0 Å². The first-order valence-electron chi connectivity index (χ1n) is 3.94. The van der Waals surface area contributed by atoms with Crippen molar-refractivity contribution in [3.63, 3.8) is 0 Å². The molecule has 3 nitrogen and oxygen atoms in total. The molecule has 0 heterocycles. The molecule has 0 amide bonds. The van der Waals surface area contributed by atoms with Crippen LogP contribution in [0.4, 0.5) is 0 Å². The molecule has 0 unspecified atom stereocenters. The Morgan fingerprint density at radius 1 is 1.15 bits per heavy atom. The molecular weight excluding hydrogens is 168 g/mol. The van der Waals surface area contributed by atoms with Crippen molar-refractivity contribution in [1.82, 2.24) is 0 Å². The summed E-state index contributed by atoms with van der Waals surface area (Å²) in [6.45, 7) is 3.36. The molecule has 68 valence electrons. The van der Waals surface area contributed by atoms with Crippen LogP contribution < -0.4 is 0 Å². The highest BCUT2D eigenvalue weighted by Crippen LogP contribution is 2.23. The smallest absolute Gasteiger partial charge is 0.233 e. The zero-order valence-electron chi connectivity index (χ0n) is 7.50. The monoisotopic (exact) mass is 178 g/mol. The molecule has 1 aliphatic carbocycles. The second-order valence-electron chi connectivity index (χ2n) is 2.63. The minimum Gasteiger partial charge on any atom is -0.507 e. The van der Waals surface area contributed by atoms with Crippen LogP contribution in [-0.4, -0.2) is 16.7 Å². The minimum absolute atomic E-state index is 0.139. The zero-order valence-corrected chi connectivity index (χ0v) is 7.50. The Kier molecular flexibility index (Phi) is 2.46. The lowest BCUT2D eigenvalue weighted by atomic mass is 9.91. The first-order chi connectivity index (χ1) is 6.11. The normalized spacial score (nSPS) is 24.0. The summed E-state index contributed by atoms with van der Waals surface area (Å²) in [5, 5.41) is 9.34. The number of allylic oxidation sites excluding steroid dienone is 4. The molecule has 0 bridgehead atoms. The van der Waals surface area contributed by atoms with Gasteiger partial charge in [0.05, 0.1) is 0 Å². The van der Waals surface area contributed by atoms with E-state index < -0.39 is 11.6 Å². The van der Waals surface area contributed by atoms with Crippen LogP contribution in [-0.2, 0) is 9.59 Å². The first-order valence-corrected chi connectivity index (χ1v) is 3.94. The summed E-state index contributed by atoms with van der Waals surface area (Å²) < 4.78 is 0. The Hall–Kier alpha value is -1.64. The summed E-state index contributed by atoms with van der Waals surface area (Å²) in [6.07, 6.45) is 4.08. The summed E-state index contributed by atoms with van der Waals surface area (Å²) >= 11 is 0. The Balaban J connectivity index is 3.34. The molecule has 0 radical (unpaired) electrons. The fourth-order valence-electron chi connectivity index (χ4n) is 1.25. The van der Waals surface area contributed by atoms with Gasteiger partial charge >= 0.3 is 0 Å². The highest BCUT2D eigenvalue weighted by Gasteiger charge is 2.27. The molecule has 0 aromatic rings. The van der Waals surface area contributed by atoms with Gasteiger partial charge < -0.3 is 5.11 Å². The van der Waals surface area contributed by atoms with Crippen molar-refractivity contribution in [3.05, 3.63) is 35.1 Å². The van der Waals surface area contributed by atoms with Gasteiger partial charge in [-0.3, -0.25) is 9.59 Å². The molecule has 0 aromatic heterocycles. The Morgan fingerprint density at radius 2 is 1.69 bits per heavy atom. The third-order valence-electron chi connectivity index (χ3n) is 1.88. The van der Waals surface area contributed by atoms with Crippen molar-refractivity contribution in [2.45, 2.75) is 13.8 Å². The van der Waals surface area contributed by atoms with Crippen LogP contribution in [0.3, 0.4) is 0 Å². The van der Waals surface area contributed by atoms with Crippen LogP contribution in [0, 0.1) is 0 Å². The molecule has 0 fully saturated rings. The molecule has 1 N–H and O–H groups in total. The molecule has 0 spiro atoms. The molecule has 0 saturated carbocycles. The van der Waals surface area contributed by atoms with Gasteiger partial charge in [-0.05, 0) is 13.8 Å². The van der Waals surface area contributed by atoms with Crippen molar-refractivity contribution in [2.75, 3.05) is 0 Å². The van der Waals surface area contributed by atoms with E-state index >= 15 is 0 Å². The SMILES string of the molecule is C/C=C1/C(=O)C(=O)C=C(O)/C1=C/C. The third-order valence-corrected chi connectivity index (χ3v) is 1.88. The summed E-state index contributed by atoms with van der Waals surface area (Å²) in [7, 11) is 0. The van der Waals surface area contributed by atoms with Gasteiger partial charge in [-0.15, -0.1) is 0 Å². The maximum atomic E-state index is 11.3. The Morgan fingerprint density at radius 3 is 2.15 bits per heavy atom. The lowest BCUT2D eigenvalue weighted by Crippen LogP contribution is -2.21. The summed E-state index contributed by atoms with van der Waals surface area (Å²) in [4.78, 5) is 22.2. The average molecular weight is 178 g/mol. The lowest BCUT2D eigenvalue weighted by molar-refractivity contribution is -0.131. The number of hydrogen-bond acceptors (Lipinski definition) is 3. The molecule has 0 atom stereocenters. The number of aliphatic hydroxyl groups is 1. The minimum atomic E-state index is -0.670. The molecule has 0 aromatic carbocycles. The highest BCUT2D eigenvalue weighted by atomic mass is 16.3. The van der Waals surface area contributed by atoms with Crippen molar-refractivity contribution >= 4 is 11.6 Å². The van der Waals surface area contributed by atoms with Gasteiger partial charge in [0.1, 0.15) is 5.76 Å². The molecule has 1 rings (SSSR count). The number of rotatable bonds is 0. The van der Waals surface area contributed by atoms with Gasteiger partial charge in [-0.25, -0.2) is 0 Å². The number of carbonyl (C=O) groups is 2. The lowest BCUT2D eigenvalue weighted by Gasteiger charge is -2.12. The molecule has 1 aliphatic rings. The van der Waals surface area contributed by atoms with Gasteiger partial charge in [-0.1, -0.05) is 12.2 Å². The van der Waals surface area contributed by atoms with Gasteiger partial charge in [0.25, 0.3) is 0 Å². The molecule has 0 saturated heterocycles. The van der Waals surface area contributed by atoms with Crippen molar-refractivity contribution < 1.29 is 14.7 Å². The number of Topliss-reactive ketones (excluding diaryl/α,β-unsaturated/α-hetero) is 1. The maximum Gasteiger partial charge on any atom is 0.233 e. The standard InChI is InChI=1S/C10H10O3/c1-3-6-7(4-2)10(13)9(12)5-8(6)11/h3-5,11H,1-2H3/b6-3+,7-4+. The second-order valence-corrected chi connectivity index (χ2v) is 2.63. The Labute approximate surface area is 76.1 Å². The van der Waals surface area contributed by atoms with Crippen molar-refractivity contribution in [1.29, 1.82) is 0 Å². The highest BCUT2D eigenvalue weighted by molar-refractivity contribution is 6.49. The topological polar surface area (TPSA) is 54.4 Å². The first kappa shape index (κ1) is 9.45. The summed E-state index contributed by atoms with van der Waals surface area (Å²) in [6, 6.07) is 0. The van der Waals surface area contributed by atoms with Gasteiger partial charge in [0.2, 0.25) is 11.6 Å². The maximum absolute atomic E-state index is 11.3. The number of carbonyl (C=O) groups excluding carboxylic acids is 2. The van der Waals surface area contributed by atoms with E-state index in [1.54, 1.807) is 19.9 Å². The number of aliphatic hydroxyl groups excluding tert-OH is 1. The van der Waals surface area contributed by atoms with Crippen LogP contribution in [0.2, 0.25) is 0 Å². The van der Waals surface area contributed by atoms with Crippen LogP contribution in [0.5, 0.6) is 0 Å². The molecule has 13 heavy (non-hydrogen) atoms. The van der Waals surface area contributed by atoms with E-state index in [0.717, 1.165) is 6.08 Å². The van der Waals surface area contributed by atoms with Crippen LogP contribution in [0.25, 0.3) is 0 Å². The molecular formula is C10H10O3. The fourth-order valence-corrected chi connectivity index (χ4v) is 1.25. The van der Waals surface area contributed by atoms with E-state index in [2.05, 4.69) is 0 Å². The van der Waals surface area contributed by atoms with E-state index in [-0.39, 0.29) is 11.3 Å². The van der Waals surface area contributed by atoms with Gasteiger partial charge in [-0.2, -0.15) is 0 Å². The quantitative estimate of drug-likeness (QED) is 0.451. The van der Waals surface area contributed by atoms with E-state index in [4.69, 9.17) is 0 Å². The van der Waals surface area contributed by atoms with Crippen molar-refractivity contribution in [2.24, 2.45) is 0 Å². The van der Waals surface area contributed by atoms with E-state index in [1.807, 2.05) is 0 Å². The van der Waals surface area contributed by atoms with Crippen LogP contribution >= 0.6 is 0 Å². The number of ketones is 2. The van der Waals surface area contributed by atoms with Crippen LogP contribution in [0.1, 0.15) is 13.8 Å². The molecule has 3 heteroatoms. The van der Waals surface area contributed by atoms with Crippen molar-refractivity contribution in [3.8, 4) is 0 Å². The fraction of sp³-hybridized carbons (Fsp3) is 0.200. The van der Waals surface area contributed by atoms with E-state index in [9.17, 15) is 14.7 Å². The predicted molar refractivity (Wildman–Crippen MR) is 48.2 cm³/mol. The number of hydrogen-bond donors (Lipinski definition) is 1. The Bertz CT molecular complexity index is 346. The third kappa shape index (κ3) is 1.45. The average Bonchev–Trinajstić information content (AvgIpc) is 2.10. The predicted octanol–water partition coefficient (Wildman–Crippen LogP) is 1.47. The van der Waals surface area contributed by atoms with Gasteiger partial charge in [0, 0.05) is 17.2 Å². The van der Waals surface area contributed by atoms with E-state index in [1.165, 1.54) is 6.08 Å². The van der Waals surface area contributed by atoms with E-state index in [0.29, 0.717) is 5.57 Å². The molecule has 0 aliphatic heterocycles. The largest absolute Gasteiger partial charge is 0.507 e. The summed E-state index contributed by atoms with van der Waals surface area (Å²) in [5.41, 5.74) is 0.694.